The molecule has 0 saturated carbocycles. The van der Waals surface area contributed by atoms with Gasteiger partial charge in [-0.3, -0.25) is 4.79 Å². The standard InChI is InChI=1S/C17H18N2O3S/c1-2-23(21,22)13-16(20)18-19-17(14-9-5-3-6-10-14)15-11-7-4-8-12-15/h3-12H,2,13H2,1H3,(H,18,20). The summed E-state index contributed by atoms with van der Waals surface area (Å²) in [5.74, 6) is -1.28. The van der Waals surface area contributed by atoms with Crippen molar-refractivity contribution >= 4 is 21.5 Å². The number of hydrogen-bond acceptors (Lipinski definition) is 4. The molecule has 6 heteroatoms. The molecule has 0 aromatic heterocycles. The van der Waals surface area contributed by atoms with E-state index in [4.69, 9.17) is 0 Å². The zero-order chi connectivity index (χ0) is 16.7. The van der Waals surface area contributed by atoms with Crippen molar-refractivity contribution in [1.82, 2.24) is 5.43 Å². The minimum Gasteiger partial charge on any atom is -0.272 e. The molecule has 1 amide bonds. The molecule has 5 nitrogen and oxygen atoms in total. The Hall–Kier alpha value is -2.47. The predicted octanol–water partition coefficient (Wildman–Crippen LogP) is 1.99. The van der Waals surface area contributed by atoms with Crippen LogP contribution >= 0.6 is 0 Å². The van der Waals surface area contributed by atoms with E-state index >= 15 is 0 Å². The van der Waals surface area contributed by atoms with Crippen LogP contribution in [0.3, 0.4) is 0 Å². The Morgan fingerprint density at radius 2 is 1.43 bits per heavy atom. The first kappa shape index (κ1) is 16.9. The van der Waals surface area contributed by atoms with Gasteiger partial charge in [0.05, 0.1) is 5.71 Å². The lowest BCUT2D eigenvalue weighted by atomic mass is 10.0. The summed E-state index contributed by atoms with van der Waals surface area (Å²) in [6.07, 6.45) is 0. The molecular formula is C17H18N2O3S. The van der Waals surface area contributed by atoms with E-state index in [1.54, 1.807) is 0 Å². The molecule has 0 unspecified atom stereocenters. The van der Waals surface area contributed by atoms with Crippen molar-refractivity contribution in [3.05, 3.63) is 71.8 Å². The van der Waals surface area contributed by atoms with Gasteiger partial charge in [-0.15, -0.1) is 0 Å². The molecule has 0 fully saturated rings. The quantitative estimate of drug-likeness (QED) is 0.650. The topological polar surface area (TPSA) is 75.6 Å². The summed E-state index contributed by atoms with van der Waals surface area (Å²) in [6, 6.07) is 18.8. The van der Waals surface area contributed by atoms with Crippen molar-refractivity contribution in [3.63, 3.8) is 0 Å². The van der Waals surface area contributed by atoms with Gasteiger partial charge in [0.1, 0.15) is 5.75 Å². The maximum Gasteiger partial charge on any atom is 0.255 e. The van der Waals surface area contributed by atoms with E-state index in [0.717, 1.165) is 11.1 Å². The molecule has 2 rings (SSSR count). The molecule has 2 aromatic rings. The lowest BCUT2D eigenvalue weighted by Gasteiger charge is -2.08. The third kappa shape index (κ3) is 5.03. The van der Waals surface area contributed by atoms with Crippen LogP contribution in [0.1, 0.15) is 18.1 Å². The summed E-state index contributed by atoms with van der Waals surface area (Å²) in [5, 5.41) is 4.14. The van der Waals surface area contributed by atoms with Gasteiger partial charge in [0.2, 0.25) is 0 Å². The van der Waals surface area contributed by atoms with Gasteiger partial charge in [0.15, 0.2) is 9.84 Å². The number of amides is 1. The highest BCUT2D eigenvalue weighted by Crippen LogP contribution is 2.10. The number of sulfone groups is 1. The minimum atomic E-state index is -3.38. The van der Waals surface area contributed by atoms with E-state index in [0.29, 0.717) is 5.71 Å². The molecule has 0 saturated heterocycles. The lowest BCUT2D eigenvalue weighted by Crippen LogP contribution is -2.28. The summed E-state index contributed by atoms with van der Waals surface area (Å²) < 4.78 is 23.0. The Morgan fingerprint density at radius 3 is 1.87 bits per heavy atom. The number of hydrogen-bond donors (Lipinski definition) is 1. The highest BCUT2D eigenvalue weighted by molar-refractivity contribution is 7.92. The maximum atomic E-state index is 11.8. The van der Waals surface area contributed by atoms with Gasteiger partial charge >= 0.3 is 0 Å². The van der Waals surface area contributed by atoms with Crippen molar-refractivity contribution in [3.8, 4) is 0 Å². The minimum absolute atomic E-state index is 0.0750. The summed E-state index contributed by atoms with van der Waals surface area (Å²) in [5.41, 5.74) is 4.58. The Kier molecular flexibility index (Phi) is 5.65. The molecule has 0 aliphatic heterocycles. The van der Waals surface area contributed by atoms with Crippen LogP contribution in [0.2, 0.25) is 0 Å². The number of nitrogens with one attached hydrogen (secondary N) is 1. The van der Waals surface area contributed by atoms with Crippen molar-refractivity contribution < 1.29 is 13.2 Å². The van der Waals surface area contributed by atoms with Gasteiger partial charge in [-0.1, -0.05) is 67.6 Å². The second kappa shape index (κ2) is 7.69. The first-order valence-electron chi connectivity index (χ1n) is 7.19. The van der Waals surface area contributed by atoms with E-state index in [1.165, 1.54) is 6.92 Å². The average molecular weight is 330 g/mol. The highest BCUT2D eigenvalue weighted by Gasteiger charge is 2.14. The fourth-order valence-corrected chi connectivity index (χ4v) is 2.61. The molecule has 1 N–H and O–H groups in total. The zero-order valence-electron chi connectivity index (χ0n) is 12.8. The Bertz CT molecular complexity index is 744. The first-order valence-corrected chi connectivity index (χ1v) is 9.02. The Labute approximate surface area is 136 Å². The van der Waals surface area contributed by atoms with Crippen molar-refractivity contribution in [2.75, 3.05) is 11.5 Å². The molecule has 23 heavy (non-hydrogen) atoms. The largest absolute Gasteiger partial charge is 0.272 e. The van der Waals surface area contributed by atoms with Crippen LogP contribution in [-0.2, 0) is 14.6 Å². The predicted molar refractivity (Wildman–Crippen MR) is 91.0 cm³/mol. The van der Waals surface area contributed by atoms with Crippen LogP contribution in [0.15, 0.2) is 65.8 Å². The SMILES string of the molecule is CCS(=O)(=O)CC(=O)NN=C(c1ccccc1)c1ccccc1. The van der Waals surface area contributed by atoms with Gasteiger partial charge in [-0.05, 0) is 0 Å². The number of hydrazone groups is 1. The van der Waals surface area contributed by atoms with Crippen LogP contribution in [-0.4, -0.2) is 31.5 Å². The fourth-order valence-electron chi connectivity index (χ4n) is 1.94. The summed E-state index contributed by atoms with van der Waals surface area (Å²) in [7, 11) is -3.38. The van der Waals surface area contributed by atoms with E-state index in [9.17, 15) is 13.2 Å². The van der Waals surface area contributed by atoms with E-state index in [-0.39, 0.29) is 5.75 Å². The molecule has 0 aliphatic rings. The number of benzene rings is 2. The third-order valence-corrected chi connectivity index (χ3v) is 4.76. The van der Waals surface area contributed by atoms with Gasteiger partial charge in [-0.25, -0.2) is 13.8 Å². The summed E-state index contributed by atoms with van der Waals surface area (Å²) in [6.45, 7) is 1.51. The van der Waals surface area contributed by atoms with E-state index < -0.39 is 21.5 Å². The fraction of sp³-hybridized carbons (Fsp3) is 0.176. The highest BCUT2D eigenvalue weighted by atomic mass is 32.2. The molecule has 0 atom stereocenters. The van der Waals surface area contributed by atoms with Crippen molar-refractivity contribution in [2.24, 2.45) is 5.10 Å². The second-order valence-electron chi connectivity index (χ2n) is 4.90. The van der Waals surface area contributed by atoms with Gasteiger partial charge in [0.25, 0.3) is 5.91 Å². The van der Waals surface area contributed by atoms with Crippen LogP contribution in [0.5, 0.6) is 0 Å². The van der Waals surface area contributed by atoms with E-state index in [2.05, 4.69) is 10.5 Å². The number of rotatable bonds is 6. The average Bonchev–Trinajstić information content (AvgIpc) is 2.56. The van der Waals surface area contributed by atoms with Crippen molar-refractivity contribution in [1.29, 1.82) is 0 Å². The number of nitrogens with zero attached hydrogens (tertiary/aromatic N) is 1. The molecule has 0 aliphatic carbocycles. The molecule has 120 valence electrons. The van der Waals surface area contributed by atoms with Crippen LogP contribution in [0, 0.1) is 0 Å². The first-order chi connectivity index (χ1) is 11.0. The normalized spacial score (nSPS) is 10.8. The summed E-state index contributed by atoms with van der Waals surface area (Å²) in [4.78, 5) is 11.8. The van der Waals surface area contributed by atoms with Gasteiger partial charge in [-0.2, -0.15) is 5.10 Å². The van der Waals surface area contributed by atoms with Crippen LogP contribution in [0.25, 0.3) is 0 Å². The monoisotopic (exact) mass is 330 g/mol. The van der Waals surface area contributed by atoms with Crippen molar-refractivity contribution in [2.45, 2.75) is 6.92 Å². The molecule has 0 spiro atoms. The maximum absolute atomic E-state index is 11.8. The lowest BCUT2D eigenvalue weighted by molar-refractivity contribution is -0.118. The van der Waals surface area contributed by atoms with E-state index in [1.807, 2.05) is 60.7 Å². The van der Waals surface area contributed by atoms with Crippen LogP contribution < -0.4 is 5.43 Å². The number of carbonyl (C=O) groups is 1. The Balaban J connectivity index is 2.27. The summed E-state index contributed by atoms with van der Waals surface area (Å²) >= 11 is 0. The second-order valence-corrected chi connectivity index (χ2v) is 7.26. The van der Waals surface area contributed by atoms with Crippen LogP contribution in [0.4, 0.5) is 0 Å². The molecule has 0 heterocycles. The molecule has 0 radical (unpaired) electrons. The van der Waals surface area contributed by atoms with Gasteiger partial charge < -0.3 is 0 Å². The van der Waals surface area contributed by atoms with Gasteiger partial charge in [0, 0.05) is 16.9 Å². The molecule has 2 aromatic carbocycles. The zero-order valence-corrected chi connectivity index (χ0v) is 13.6. The Morgan fingerprint density at radius 1 is 0.957 bits per heavy atom. The molecule has 0 bridgehead atoms. The smallest absolute Gasteiger partial charge is 0.255 e. The molecular weight excluding hydrogens is 312 g/mol. The third-order valence-electron chi connectivity index (χ3n) is 3.18. The number of carbonyl (C=O) groups excluding carboxylic acids is 1.